The third-order valence-electron chi connectivity index (χ3n) is 4.24. The quantitative estimate of drug-likeness (QED) is 0.534. The maximum absolute atomic E-state index is 6.50. The number of anilines is 2. The molecule has 27 heavy (non-hydrogen) atoms. The van der Waals surface area contributed by atoms with Gasteiger partial charge in [-0.15, -0.1) is 16.4 Å². The summed E-state index contributed by atoms with van der Waals surface area (Å²) in [6.07, 6.45) is 0. The van der Waals surface area contributed by atoms with Gasteiger partial charge in [0, 0.05) is 6.54 Å². The highest BCUT2D eigenvalue weighted by Crippen LogP contribution is 2.34. The highest BCUT2D eigenvalue weighted by Gasteiger charge is 2.19. The van der Waals surface area contributed by atoms with E-state index in [1.807, 2.05) is 42.6 Å². The molecule has 0 saturated carbocycles. The molecular formula is C20H22N6S. The van der Waals surface area contributed by atoms with E-state index in [0.717, 1.165) is 33.8 Å². The number of rotatable bonds is 5. The third-order valence-corrected chi connectivity index (χ3v) is 5.11. The Morgan fingerprint density at radius 2 is 2.04 bits per heavy atom. The molecular weight excluding hydrogens is 356 g/mol. The molecule has 0 spiro atoms. The summed E-state index contributed by atoms with van der Waals surface area (Å²) in [5.74, 6) is 1.62. The number of aryl methyl sites for hydroxylation is 1. The van der Waals surface area contributed by atoms with Gasteiger partial charge >= 0.3 is 0 Å². The molecule has 0 fully saturated rings. The molecule has 3 heterocycles. The van der Waals surface area contributed by atoms with Gasteiger partial charge in [-0.25, -0.2) is 9.67 Å². The molecule has 0 unspecified atom stereocenters. The summed E-state index contributed by atoms with van der Waals surface area (Å²) in [6, 6.07) is 12.1. The topological polar surface area (TPSA) is 81.7 Å². The molecule has 0 atom stereocenters. The minimum Gasteiger partial charge on any atom is -0.383 e. The smallest absolute Gasteiger partial charge is 0.225 e. The number of benzene rings is 1. The molecule has 0 bridgehead atoms. The lowest BCUT2D eigenvalue weighted by Gasteiger charge is -2.09. The first-order chi connectivity index (χ1) is 13.0. The molecule has 138 valence electrons. The van der Waals surface area contributed by atoms with Crippen molar-refractivity contribution in [1.29, 1.82) is 0 Å². The standard InChI is InChI=1S/C20H22N6S/c1-12(2)11-22-20-23-17(15-8-5-9-27-15)16-18(21)26(25-19(16)24-20)14-7-4-6-13(3)10-14/h4-10,12H,11,21H2,1-3H3,(H,22,24,25). The summed E-state index contributed by atoms with van der Waals surface area (Å²) in [6.45, 7) is 7.14. The zero-order valence-electron chi connectivity index (χ0n) is 15.6. The SMILES string of the molecule is Cc1cccc(-n2nc3nc(NCC(C)C)nc(-c4cccs4)c3c2N)c1. The lowest BCUT2D eigenvalue weighted by molar-refractivity contribution is 0.685. The van der Waals surface area contributed by atoms with Crippen LogP contribution in [0.3, 0.4) is 0 Å². The molecule has 4 rings (SSSR count). The molecule has 0 radical (unpaired) electrons. The molecule has 1 aromatic carbocycles. The van der Waals surface area contributed by atoms with Crippen molar-refractivity contribution in [2.45, 2.75) is 20.8 Å². The van der Waals surface area contributed by atoms with E-state index >= 15 is 0 Å². The van der Waals surface area contributed by atoms with Crippen molar-refractivity contribution < 1.29 is 0 Å². The summed E-state index contributed by atoms with van der Waals surface area (Å²) >= 11 is 1.63. The maximum atomic E-state index is 6.50. The Kier molecular flexibility index (Phi) is 4.53. The van der Waals surface area contributed by atoms with E-state index in [1.165, 1.54) is 0 Å². The van der Waals surface area contributed by atoms with E-state index in [-0.39, 0.29) is 0 Å². The van der Waals surface area contributed by atoms with E-state index in [1.54, 1.807) is 16.0 Å². The predicted molar refractivity (Wildman–Crippen MR) is 112 cm³/mol. The van der Waals surface area contributed by atoms with Gasteiger partial charge in [0.05, 0.1) is 21.6 Å². The van der Waals surface area contributed by atoms with Crippen LogP contribution in [0.4, 0.5) is 11.8 Å². The molecule has 4 aromatic rings. The van der Waals surface area contributed by atoms with Crippen LogP contribution in [-0.2, 0) is 0 Å². The van der Waals surface area contributed by atoms with Crippen molar-refractivity contribution in [2.24, 2.45) is 5.92 Å². The van der Waals surface area contributed by atoms with Crippen molar-refractivity contribution >= 4 is 34.1 Å². The Labute approximate surface area is 162 Å². The van der Waals surface area contributed by atoms with Gasteiger partial charge in [0.2, 0.25) is 5.95 Å². The lowest BCUT2D eigenvalue weighted by atomic mass is 10.2. The van der Waals surface area contributed by atoms with Crippen LogP contribution in [0.1, 0.15) is 19.4 Å². The van der Waals surface area contributed by atoms with Crippen molar-refractivity contribution in [1.82, 2.24) is 19.7 Å². The van der Waals surface area contributed by atoms with Crippen LogP contribution in [0.5, 0.6) is 0 Å². The van der Waals surface area contributed by atoms with Gasteiger partial charge in [-0.2, -0.15) is 4.98 Å². The van der Waals surface area contributed by atoms with Crippen molar-refractivity contribution in [3.8, 4) is 16.3 Å². The number of hydrogen-bond acceptors (Lipinski definition) is 6. The zero-order chi connectivity index (χ0) is 19.0. The second-order valence-corrected chi connectivity index (χ2v) is 7.93. The van der Waals surface area contributed by atoms with Crippen LogP contribution in [0.2, 0.25) is 0 Å². The first-order valence-corrected chi connectivity index (χ1v) is 9.82. The number of nitrogens with one attached hydrogen (secondary N) is 1. The van der Waals surface area contributed by atoms with Gasteiger partial charge in [0.1, 0.15) is 5.82 Å². The fourth-order valence-corrected chi connectivity index (χ4v) is 3.65. The fourth-order valence-electron chi connectivity index (χ4n) is 2.93. The Balaban J connectivity index is 1.92. The van der Waals surface area contributed by atoms with Crippen LogP contribution in [-0.4, -0.2) is 26.3 Å². The first-order valence-electron chi connectivity index (χ1n) is 8.94. The fraction of sp³-hybridized carbons (Fsp3) is 0.250. The second kappa shape index (κ2) is 7.00. The number of aromatic nitrogens is 4. The largest absolute Gasteiger partial charge is 0.383 e. The van der Waals surface area contributed by atoms with Gasteiger partial charge in [0.25, 0.3) is 0 Å². The molecule has 0 amide bonds. The molecule has 0 aliphatic carbocycles. The summed E-state index contributed by atoms with van der Waals surface area (Å²) in [7, 11) is 0. The summed E-state index contributed by atoms with van der Waals surface area (Å²) in [5, 5.41) is 10.8. The molecule has 0 aliphatic rings. The minimum absolute atomic E-state index is 0.490. The van der Waals surface area contributed by atoms with Gasteiger partial charge in [0.15, 0.2) is 5.65 Å². The Morgan fingerprint density at radius 3 is 2.74 bits per heavy atom. The van der Waals surface area contributed by atoms with Crippen LogP contribution < -0.4 is 11.1 Å². The summed E-state index contributed by atoms with van der Waals surface area (Å²) in [4.78, 5) is 10.4. The molecule has 6 nitrogen and oxygen atoms in total. The molecule has 0 aliphatic heterocycles. The van der Waals surface area contributed by atoms with Crippen molar-refractivity contribution in [3.63, 3.8) is 0 Å². The van der Waals surface area contributed by atoms with Gasteiger partial charge in [-0.1, -0.05) is 32.0 Å². The van der Waals surface area contributed by atoms with Crippen molar-refractivity contribution in [3.05, 3.63) is 47.3 Å². The average molecular weight is 379 g/mol. The number of hydrogen-bond donors (Lipinski definition) is 2. The highest BCUT2D eigenvalue weighted by atomic mass is 32.1. The summed E-state index contributed by atoms with van der Waals surface area (Å²) in [5.41, 5.74) is 9.98. The number of fused-ring (bicyclic) bond motifs is 1. The third kappa shape index (κ3) is 3.38. The van der Waals surface area contributed by atoms with Crippen molar-refractivity contribution in [2.75, 3.05) is 17.6 Å². The predicted octanol–water partition coefficient (Wildman–Crippen LogP) is 4.50. The average Bonchev–Trinajstić information content (AvgIpc) is 3.28. The number of nitrogens with two attached hydrogens (primary N) is 1. The zero-order valence-corrected chi connectivity index (χ0v) is 16.4. The minimum atomic E-state index is 0.490. The Morgan fingerprint density at radius 1 is 1.19 bits per heavy atom. The van der Waals surface area contributed by atoms with E-state index in [2.05, 4.69) is 35.3 Å². The highest BCUT2D eigenvalue weighted by molar-refractivity contribution is 7.13. The maximum Gasteiger partial charge on any atom is 0.225 e. The number of nitrogens with zero attached hydrogens (tertiary/aromatic N) is 4. The summed E-state index contributed by atoms with van der Waals surface area (Å²) < 4.78 is 1.75. The van der Waals surface area contributed by atoms with Gasteiger partial charge in [-0.05, 0) is 42.0 Å². The monoisotopic (exact) mass is 378 g/mol. The normalized spacial score (nSPS) is 11.4. The van der Waals surface area contributed by atoms with Gasteiger partial charge in [-0.3, -0.25) is 0 Å². The van der Waals surface area contributed by atoms with Crippen LogP contribution >= 0.6 is 11.3 Å². The van der Waals surface area contributed by atoms with E-state index in [0.29, 0.717) is 23.3 Å². The van der Waals surface area contributed by atoms with Crippen LogP contribution in [0.25, 0.3) is 27.3 Å². The van der Waals surface area contributed by atoms with Gasteiger partial charge < -0.3 is 11.1 Å². The lowest BCUT2D eigenvalue weighted by Crippen LogP contribution is -2.11. The van der Waals surface area contributed by atoms with Crippen LogP contribution in [0.15, 0.2) is 41.8 Å². The molecule has 3 aromatic heterocycles. The van der Waals surface area contributed by atoms with Crippen LogP contribution in [0, 0.1) is 12.8 Å². The second-order valence-electron chi connectivity index (χ2n) is 6.98. The number of thiophene rings is 1. The van der Waals surface area contributed by atoms with E-state index in [9.17, 15) is 0 Å². The molecule has 7 heteroatoms. The first kappa shape index (κ1) is 17.5. The Hall–Kier alpha value is -2.93. The number of nitrogen functional groups attached to an aromatic ring is 1. The Bertz CT molecular complexity index is 1080. The van der Waals surface area contributed by atoms with E-state index < -0.39 is 0 Å². The molecule has 0 saturated heterocycles. The molecule has 3 N–H and O–H groups in total. The van der Waals surface area contributed by atoms with E-state index in [4.69, 9.17) is 10.7 Å².